The number of nitrogens with zero attached hydrogens (tertiary/aromatic N) is 1. The van der Waals surface area contributed by atoms with E-state index < -0.39 is 16.9 Å². The molecule has 0 aliphatic heterocycles. The Hall–Kier alpha value is -2.64. The Kier molecular flexibility index (Phi) is 9.74. The zero-order valence-corrected chi connectivity index (χ0v) is 15.2. The fourth-order valence-electron chi connectivity index (χ4n) is 2.19. The van der Waals surface area contributed by atoms with Crippen molar-refractivity contribution in [3.8, 4) is 5.75 Å². The number of methoxy groups -OCH3 is 1. The minimum atomic E-state index is -0.553. The molecule has 0 saturated heterocycles. The minimum Gasteiger partial charge on any atom is -0.490 e. The number of rotatable bonds is 12. The van der Waals surface area contributed by atoms with E-state index in [9.17, 15) is 19.7 Å². The Balaban J connectivity index is 2.31. The van der Waals surface area contributed by atoms with Crippen molar-refractivity contribution in [1.29, 1.82) is 0 Å². The smallest absolute Gasteiger partial charge is 0.310 e. The third-order valence-corrected chi connectivity index (χ3v) is 3.63. The minimum absolute atomic E-state index is 0.0316. The predicted molar refractivity (Wildman–Crippen MR) is 93.8 cm³/mol. The van der Waals surface area contributed by atoms with Gasteiger partial charge in [-0.2, -0.15) is 0 Å². The van der Waals surface area contributed by atoms with Crippen LogP contribution < -0.4 is 4.74 Å². The lowest BCUT2D eigenvalue weighted by Crippen LogP contribution is -2.11. The zero-order valence-electron chi connectivity index (χ0n) is 15.2. The Morgan fingerprint density at radius 1 is 1.08 bits per heavy atom. The molecule has 0 N–H and O–H groups in total. The summed E-state index contributed by atoms with van der Waals surface area (Å²) < 4.78 is 15.1. The van der Waals surface area contributed by atoms with Crippen molar-refractivity contribution >= 4 is 17.6 Å². The Labute approximate surface area is 152 Å². The third kappa shape index (κ3) is 7.96. The van der Waals surface area contributed by atoms with Gasteiger partial charge in [0.1, 0.15) is 6.61 Å². The first-order valence-corrected chi connectivity index (χ1v) is 8.60. The number of ether oxygens (including phenoxy) is 3. The lowest BCUT2D eigenvalue weighted by molar-refractivity contribution is -0.385. The summed E-state index contributed by atoms with van der Waals surface area (Å²) in [4.78, 5) is 33.5. The molecule has 0 saturated carbocycles. The highest BCUT2D eigenvalue weighted by Gasteiger charge is 2.15. The second-order valence-electron chi connectivity index (χ2n) is 5.71. The number of esters is 2. The SMILES string of the molecule is CCCCCCOC(=O)CCC(=O)OCc1ccc([N+](=O)[O-])c(OC)c1. The van der Waals surface area contributed by atoms with E-state index in [0.717, 1.165) is 25.7 Å². The van der Waals surface area contributed by atoms with Crippen molar-refractivity contribution in [2.45, 2.75) is 52.1 Å². The number of hydrogen-bond donors (Lipinski definition) is 0. The molecule has 8 nitrogen and oxygen atoms in total. The van der Waals surface area contributed by atoms with Crippen LogP contribution in [0.2, 0.25) is 0 Å². The van der Waals surface area contributed by atoms with Crippen molar-refractivity contribution in [3.05, 3.63) is 33.9 Å². The van der Waals surface area contributed by atoms with Crippen LogP contribution in [0.1, 0.15) is 51.0 Å². The average Bonchev–Trinajstić information content (AvgIpc) is 2.64. The van der Waals surface area contributed by atoms with Gasteiger partial charge in [0.05, 0.1) is 31.5 Å². The molecule has 1 aromatic carbocycles. The van der Waals surface area contributed by atoms with Crippen LogP contribution in [0.4, 0.5) is 5.69 Å². The van der Waals surface area contributed by atoms with Gasteiger partial charge >= 0.3 is 17.6 Å². The first-order chi connectivity index (χ1) is 12.5. The van der Waals surface area contributed by atoms with Gasteiger partial charge in [-0.05, 0) is 24.1 Å². The number of benzene rings is 1. The summed E-state index contributed by atoms with van der Waals surface area (Å²) >= 11 is 0. The topological polar surface area (TPSA) is 105 Å². The maximum absolute atomic E-state index is 11.7. The maximum Gasteiger partial charge on any atom is 0.310 e. The van der Waals surface area contributed by atoms with Gasteiger partial charge in [-0.25, -0.2) is 0 Å². The predicted octanol–water partition coefficient (Wildman–Crippen LogP) is 3.55. The standard InChI is InChI=1S/C18H25NO7/c1-3-4-5-6-11-25-17(20)9-10-18(21)26-13-14-7-8-15(19(22)23)16(12-14)24-2/h7-8,12H,3-6,9-11,13H2,1-2H3. The Morgan fingerprint density at radius 2 is 1.77 bits per heavy atom. The van der Waals surface area contributed by atoms with E-state index in [1.54, 1.807) is 0 Å². The molecule has 26 heavy (non-hydrogen) atoms. The van der Waals surface area contributed by atoms with Gasteiger partial charge in [-0.1, -0.05) is 26.2 Å². The molecular weight excluding hydrogens is 342 g/mol. The van der Waals surface area contributed by atoms with E-state index in [0.29, 0.717) is 12.2 Å². The molecule has 0 aliphatic carbocycles. The van der Waals surface area contributed by atoms with Crippen molar-refractivity contribution in [2.75, 3.05) is 13.7 Å². The summed E-state index contributed by atoms with van der Waals surface area (Å²) in [5.41, 5.74) is 0.392. The summed E-state index contributed by atoms with van der Waals surface area (Å²) in [6.07, 6.45) is 3.96. The molecule has 144 valence electrons. The fraction of sp³-hybridized carbons (Fsp3) is 0.556. The number of hydrogen-bond acceptors (Lipinski definition) is 7. The van der Waals surface area contributed by atoms with E-state index in [1.807, 2.05) is 0 Å². The van der Waals surface area contributed by atoms with E-state index in [2.05, 4.69) is 6.92 Å². The molecule has 0 fully saturated rings. The number of unbranched alkanes of at least 4 members (excludes halogenated alkanes) is 3. The lowest BCUT2D eigenvalue weighted by Gasteiger charge is -2.07. The van der Waals surface area contributed by atoms with Crippen LogP contribution in [-0.4, -0.2) is 30.6 Å². The molecule has 0 bridgehead atoms. The number of carbonyl (C=O) groups is 2. The van der Waals surface area contributed by atoms with Gasteiger partial charge in [0.15, 0.2) is 5.75 Å². The zero-order chi connectivity index (χ0) is 19.4. The molecule has 0 aliphatic rings. The summed E-state index contributed by atoms with van der Waals surface area (Å²) in [5, 5.41) is 10.8. The van der Waals surface area contributed by atoms with Crippen LogP contribution in [0.5, 0.6) is 5.75 Å². The summed E-state index contributed by atoms with van der Waals surface area (Å²) in [6.45, 7) is 2.42. The first kappa shape index (κ1) is 21.4. The van der Waals surface area contributed by atoms with Gasteiger partial charge in [0, 0.05) is 6.07 Å². The van der Waals surface area contributed by atoms with Crippen LogP contribution in [-0.2, 0) is 25.7 Å². The maximum atomic E-state index is 11.7. The van der Waals surface area contributed by atoms with Crippen molar-refractivity contribution in [3.63, 3.8) is 0 Å². The highest BCUT2D eigenvalue weighted by Crippen LogP contribution is 2.27. The largest absolute Gasteiger partial charge is 0.490 e. The number of carbonyl (C=O) groups excluding carboxylic acids is 2. The summed E-state index contributed by atoms with van der Waals surface area (Å²) in [6, 6.07) is 4.21. The molecular formula is C18H25NO7. The highest BCUT2D eigenvalue weighted by atomic mass is 16.6. The van der Waals surface area contributed by atoms with Gasteiger partial charge < -0.3 is 14.2 Å². The van der Waals surface area contributed by atoms with E-state index >= 15 is 0 Å². The van der Waals surface area contributed by atoms with Crippen molar-refractivity contribution in [1.82, 2.24) is 0 Å². The van der Waals surface area contributed by atoms with Gasteiger partial charge in [0.2, 0.25) is 0 Å². The van der Waals surface area contributed by atoms with Gasteiger partial charge in [-0.15, -0.1) is 0 Å². The molecule has 0 unspecified atom stereocenters. The van der Waals surface area contributed by atoms with E-state index in [-0.39, 0.29) is 30.9 Å². The third-order valence-electron chi connectivity index (χ3n) is 3.63. The lowest BCUT2D eigenvalue weighted by atomic mass is 10.2. The highest BCUT2D eigenvalue weighted by molar-refractivity contribution is 5.77. The van der Waals surface area contributed by atoms with Crippen LogP contribution in [0.15, 0.2) is 18.2 Å². The summed E-state index contributed by atoms with van der Waals surface area (Å²) in [5.74, 6) is -0.865. The molecule has 1 aromatic rings. The second kappa shape index (κ2) is 11.8. The molecule has 0 spiro atoms. The normalized spacial score (nSPS) is 10.2. The molecule has 0 atom stereocenters. The van der Waals surface area contributed by atoms with Crippen LogP contribution >= 0.6 is 0 Å². The van der Waals surface area contributed by atoms with Crippen LogP contribution in [0.25, 0.3) is 0 Å². The summed E-state index contributed by atoms with van der Waals surface area (Å²) in [7, 11) is 1.33. The average molecular weight is 367 g/mol. The first-order valence-electron chi connectivity index (χ1n) is 8.60. The molecule has 0 radical (unpaired) electrons. The van der Waals surface area contributed by atoms with Crippen molar-refractivity contribution < 1.29 is 28.7 Å². The molecule has 0 heterocycles. The fourth-order valence-corrected chi connectivity index (χ4v) is 2.19. The van der Waals surface area contributed by atoms with Crippen LogP contribution in [0.3, 0.4) is 0 Å². The second-order valence-corrected chi connectivity index (χ2v) is 5.71. The quantitative estimate of drug-likeness (QED) is 0.241. The Morgan fingerprint density at radius 3 is 2.38 bits per heavy atom. The molecule has 0 aromatic heterocycles. The van der Waals surface area contributed by atoms with Gasteiger partial charge in [0.25, 0.3) is 0 Å². The molecule has 1 rings (SSSR count). The monoisotopic (exact) mass is 367 g/mol. The Bertz CT molecular complexity index is 616. The van der Waals surface area contributed by atoms with E-state index in [4.69, 9.17) is 14.2 Å². The molecule has 0 amide bonds. The number of nitro benzene ring substituents is 1. The van der Waals surface area contributed by atoms with Gasteiger partial charge in [-0.3, -0.25) is 19.7 Å². The molecule has 8 heteroatoms. The number of nitro groups is 1. The van der Waals surface area contributed by atoms with E-state index in [1.165, 1.54) is 25.3 Å². The van der Waals surface area contributed by atoms with Crippen LogP contribution in [0, 0.1) is 10.1 Å². The van der Waals surface area contributed by atoms with Crippen molar-refractivity contribution in [2.24, 2.45) is 0 Å².